The average molecular weight is 321 g/mol. The van der Waals surface area contributed by atoms with Crippen LogP contribution in [0.5, 0.6) is 0 Å². The first kappa shape index (κ1) is 14.0. The number of hydrogen-bond donors (Lipinski definition) is 0. The monoisotopic (exact) mass is 320 g/mol. The molecule has 0 heterocycles. The minimum Gasteiger partial charge on any atom is -0.548 e. The molecule has 0 saturated carbocycles. The number of aliphatic carboxylic acids is 1. The molecule has 5 nitrogen and oxygen atoms in total. The fourth-order valence-corrected chi connectivity index (χ4v) is 2.38. The summed E-state index contributed by atoms with van der Waals surface area (Å²) in [5.74, 6) is -1.45. The molecule has 0 amide bonds. The van der Waals surface area contributed by atoms with Crippen LogP contribution >= 0.6 is 15.9 Å². The van der Waals surface area contributed by atoms with E-state index in [4.69, 9.17) is 0 Å². The normalized spacial score (nSPS) is 11.2. The van der Waals surface area contributed by atoms with Crippen molar-refractivity contribution in [1.29, 1.82) is 0 Å². The summed E-state index contributed by atoms with van der Waals surface area (Å²) in [7, 11) is -3.65. The number of carboxylic acids is 1. The third-order valence-electron chi connectivity index (χ3n) is 2.10. The second-order valence-electron chi connectivity index (χ2n) is 3.58. The number of carbonyl (C=O) groups excluding carboxylic acids is 1. The van der Waals surface area contributed by atoms with E-state index in [1.165, 1.54) is 6.07 Å². The number of nitrogens with zero attached hydrogens (tertiary/aromatic N) is 1. The highest BCUT2D eigenvalue weighted by molar-refractivity contribution is 9.10. The van der Waals surface area contributed by atoms with Crippen molar-refractivity contribution in [3.05, 3.63) is 28.2 Å². The van der Waals surface area contributed by atoms with E-state index >= 15 is 0 Å². The molecule has 1 rings (SSSR count). The molecule has 17 heavy (non-hydrogen) atoms. The molecule has 0 aromatic heterocycles. The topological polar surface area (TPSA) is 77.5 Å². The van der Waals surface area contributed by atoms with Gasteiger partial charge in [0.05, 0.1) is 24.5 Å². The van der Waals surface area contributed by atoms with Gasteiger partial charge in [0.15, 0.2) is 0 Å². The maximum atomic E-state index is 11.5. The Morgan fingerprint density at radius 1 is 1.47 bits per heavy atom. The number of hydrogen-bond acceptors (Lipinski definition) is 4. The summed E-state index contributed by atoms with van der Waals surface area (Å²) in [5.41, 5.74) is 1.12. The van der Waals surface area contributed by atoms with Crippen molar-refractivity contribution < 1.29 is 18.3 Å². The Morgan fingerprint density at radius 2 is 2.06 bits per heavy atom. The minimum atomic E-state index is -3.65. The van der Waals surface area contributed by atoms with Gasteiger partial charge >= 0.3 is 0 Å². The van der Waals surface area contributed by atoms with Gasteiger partial charge in [0.25, 0.3) is 0 Å². The van der Waals surface area contributed by atoms with Gasteiger partial charge in [-0.15, -0.1) is 0 Å². The van der Waals surface area contributed by atoms with Crippen LogP contribution in [0.2, 0.25) is 0 Å². The molecule has 0 aliphatic rings. The first-order valence-electron chi connectivity index (χ1n) is 4.65. The molecule has 0 spiro atoms. The zero-order chi connectivity index (χ0) is 13.2. The number of benzene rings is 1. The quantitative estimate of drug-likeness (QED) is 0.798. The summed E-state index contributed by atoms with van der Waals surface area (Å²) in [5, 5.41) is 10.6. The number of sulfonamides is 1. The van der Waals surface area contributed by atoms with Crippen LogP contribution in [-0.2, 0) is 14.8 Å². The van der Waals surface area contributed by atoms with Crippen LogP contribution in [0.15, 0.2) is 22.7 Å². The fraction of sp³-hybridized carbons (Fsp3) is 0.300. The van der Waals surface area contributed by atoms with Gasteiger partial charge in [0.2, 0.25) is 10.0 Å². The van der Waals surface area contributed by atoms with Crippen molar-refractivity contribution in [3.63, 3.8) is 0 Å². The summed E-state index contributed by atoms with van der Waals surface area (Å²) in [6.45, 7) is 1.09. The highest BCUT2D eigenvalue weighted by Crippen LogP contribution is 2.24. The maximum absolute atomic E-state index is 11.5. The van der Waals surface area contributed by atoms with E-state index in [2.05, 4.69) is 15.9 Å². The summed E-state index contributed by atoms with van der Waals surface area (Å²) in [6, 6.07) is 4.78. The summed E-state index contributed by atoms with van der Waals surface area (Å²) >= 11 is 3.28. The van der Waals surface area contributed by atoms with Gasteiger partial charge in [0, 0.05) is 4.47 Å². The Hall–Kier alpha value is -1.08. The van der Waals surface area contributed by atoms with E-state index in [0.29, 0.717) is 5.69 Å². The molecule has 0 aliphatic heterocycles. The van der Waals surface area contributed by atoms with Crippen LogP contribution in [0, 0.1) is 6.92 Å². The van der Waals surface area contributed by atoms with Crippen molar-refractivity contribution in [1.82, 2.24) is 0 Å². The largest absolute Gasteiger partial charge is 0.548 e. The van der Waals surface area contributed by atoms with Gasteiger partial charge in [-0.3, -0.25) is 4.31 Å². The predicted molar refractivity (Wildman–Crippen MR) is 66.1 cm³/mol. The summed E-state index contributed by atoms with van der Waals surface area (Å²) < 4.78 is 24.6. The third kappa shape index (κ3) is 3.71. The number of aryl methyl sites for hydroxylation is 1. The van der Waals surface area contributed by atoms with Crippen LogP contribution in [-0.4, -0.2) is 27.2 Å². The van der Waals surface area contributed by atoms with Crippen LogP contribution in [0.4, 0.5) is 5.69 Å². The molecular formula is C10H11BrNO4S-. The van der Waals surface area contributed by atoms with Crippen molar-refractivity contribution >= 4 is 37.6 Å². The Labute approximate surface area is 108 Å². The van der Waals surface area contributed by atoms with Crippen LogP contribution in [0.25, 0.3) is 0 Å². The SMILES string of the molecule is Cc1cc(N(CC(=O)[O-])S(C)(=O)=O)ccc1Br. The number of halogens is 1. The molecule has 0 fully saturated rings. The molecule has 0 bridgehead atoms. The number of carbonyl (C=O) groups is 1. The van der Waals surface area contributed by atoms with E-state index < -0.39 is 22.5 Å². The molecule has 1 aromatic rings. The molecule has 0 unspecified atom stereocenters. The second-order valence-corrected chi connectivity index (χ2v) is 6.34. The van der Waals surface area contributed by atoms with Gasteiger partial charge in [-0.05, 0) is 30.7 Å². The maximum Gasteiger partial charge on any atom is 0.232 e. The van der Waals surface area contributed by atoms with Crippen molar-refractivity contribution in [3.8, 4) is 0 Å². The molecule has 1 aromatic carbocycles. The Bertz CT molecular complexity index is 541. The smallest absolute Gasteiger partial charge is 0.232 e. The average Bonchev–Trinajstić information content (AvgIpc) is 2.17. The van der Waals surface area contributed by atoms with E-state index in [1.807, 2.05) is 0 Å². The zero-order valence-corrected chi connectivity index (χ0v) is 11.7. The highest BCUT2D eigenvalue weighted by Gasteiger charge is 2.17. The molecule has 0 aliphatic carbocycles. The lowest BCUT2D eigenvalue weighted by atomic mass is 10.2. The number of carboxylic acid groups (broad SMARTS) is 1. The van der Waals surface area contributed by atoms with Crippen molar-refractivity contribution in [2.45, 2.75) is 6.92 Å². The lowest BCUT2D eigenvalue weighted by Gasteiger charge is -2.23. The molecule has 0 N–H and O–H groups in total. The van der Waals surface area contributed by atoms with Crippen molar-refractivity contribution in [2.24, 2.45) is 0 Å². The van der Waals surface area contributed by atoms with E-state index in [-0.39, 0.29) is 0 Å². The molecule has 0 atom stereocenters. The number of rotatable bonds is 4. The minimum absolute atomic E-state index is 0.303. The van der Waals surface area contributed by atoms with Gasteiger partial charge < -0.3 is 9.90 Å². The summed E-state index contributed by atoms with van der Waals surface area (Å²) in [6.07, 6.45) is 0.952. The van der Waals surface area contributed by atoms with Gasteiger partial charge in [-0.1, -0.05) is 15.9 Å². The second kappa shape index (κ2) is 5.05. The number of anilines is 1. The van der Waals surface area contributed by atoms with Crippen LogP contribution in [0.1, 0.15) is 5.56 Å². The van der Waals surface area contributed by atoms with Gasteiger partial charge in [0.1, 0.15) is 0 Å². The fourth-order valence-electron chi connectivity index (χ4n) is 1.30. The van der Waals surface area contributed by atoms with E-state index in [0.717, 1.165) is 20.6 Å². The van der Waals surface area contributed by atoms with Gasteiger partial charge in [-0.2, -0.15) is 0 Å². The molecule has 94 valence electrons. The molecular weight excluding hydrogens is 310 g/mol. The van der Waals surface area contributed by atoms with Crippen LogP contribution < -0.4 is 9.41 Å². The van der Waals surface area contributed by atoms with Crippen molar-refractivity contribution in [2.75, 3.05) is 17.1 Å². The van der Waals surface area contributed by atoms with E-state index in [9.17, 15) is 18.3 Å². The Kier molecular flexibility index (Phi) is 4.16. The van der Waals surface area contributed by atoms with E-state index in [1.54, 1.807) is 19.1 Å². The third-order valence-corrected chi connectivity index (χ3v) is 4.13. The van der Waals surface area contributed by atoms with Gasteiger partial charge in [-0.25, -0.2) is 8.42 Å². The lowest BCUT2D eigenvalue weighted by Crippen LogP contribution is -2.41. The predicted octanol–water partition coefficient (Wildman–Crippen LogP) is 0.273. The first-order valence-corrected chi connectivity index (χ1v) is 7.29. The Morgan fingerprint density at radius 3 is 2.47 bits per heavy atom. The standard InChI is InChI=1S/C10H12BrNO4S/c1-7-5-8(3-4-9(7)11)12(6-10(13)14)17(2,15)16/h3-5H,6H2,1-2H3,(H,13,14)/p-1. The summed E-state index contributed by atoms with van der Waals surface area (Å²) in [4.78, 5) is 10.6. The highest BCUT2D eigenvalue weighted by atomic mass is 79.9. The first-order chi connectivity index (χ1) is 7.71. The molecule has 0 saturated heterocycles. The zero-order valence-electron chi connectivity index (χ0n) is 9.31. The Balaban J connectivity index is 3.22. The molecule has 7 heteroatoms. The van der Waals surface area contributed by atoms with Crippen LogP contribution in [0.3, 0.4) is 0 Å². The lowest BCUT2D eigenvalue weighted by molar-refractivity contribution is -0.303. The molecule has 0 radical (unpaired) electrons.